The summed E-state index contributed by atoms with van der Waals surface area (Å²) in [6.07, 6.45) is 2.07. The molecule has 9 nitrogen and oxygen atoms in total. The molecule has 0 spiro atoms. The highest BCUT2D eigenvalue weighted by Gasteiger charge is 2.30. The van der Waals surface area contributed by atoms with E-state index < -0.39 is 17.6 Å². The molecule has 0 saturated heterocycles. The Kier molecular flexibility index (Phi) is 8.84. The summed E-state index contributed by atoms with van der Waals surface area (Å²) in [7, 11) is 0. The molecule has 5 rings (SSSR count). The Hall–Kier alpha value is -4.61. The van der Waals surface area contributed by atoms with Crippen LogP contribution < -0.4 is 27.1 Å². The number of nitrogens with zero attached hydrogens (tertiary/aromatic N) is 1. The summed E-state index contributed by atoms with van der Waals surface area (Å²) >= 11 is 1.13. The van der Waals surface area contributed by atoms with Crippen molar-refractivity contribution < 1.29 is 23.5 Å². The van der Waals surface area contributed by atoms with E-state index >= 15 is 0 Å². The van der Waals surface area contributed by atoms with E-state index in [-0.39, 0.29) is 46.9 Å². The van der Waals surface area contributed by atoms with Crippen LogP contribution in [-0.2, 0) is 19.4 Å². The fourth-order valence-electron chi connectivity index (χ4n) is 5.37. The third kappa shape index (κ3) is 6.42. The van der Waals surface area contributed by atoms with Gasteiger partial charge < -0.3 is 15.8 Å². The first-order valence-corrected chi connectivity index (χ1v) is 14.7. The normalized spacial score (nSPS) is 13.9. The lowest BCUT2D eigenvalue weighted by Crippen LogP contribution is -2.33. The molecular formula is C32H32FN5O4S. The number of aromatic nitrogens is 1. The van der Waals surface area contributed by atoms with Crippen LogP contribution in [0.1, 0.15) is 79.2 Å². The van der Waals surface area contributed by atoms with Gasteiger partial charge in [0.15, 0.2) is 0 Å². The Morgan fingerprint density at radius 3 is 2.47 bits per heavy atom. The molecule has 2 aromatic carbocycles. The maximum Gasteiger partial charge on any atom is 0.267 e. The number of benzene rings is 2. The number of fused-ring (bicyclic) bond motifs is 1. The monoisotopic (exact) mass is 601 g/mol. The van der Waals surface area contributed by atoms with Crippen molar-refractivity contribution >= 4 is 29.1 Å². The third-order valence-electron chi connectivity index (χ3n) is 7.26. The Morgan fingerprint density at radius 2 is 1.77 bits per heavy atom. The average Bonchev–Trinajstić information content (AvgIpc) is 3.63. The number of hydrogen-bond donors (Lipinski definition) is 4. The molecule has 0 aliphatic heterocycles. The molecule has 1 atom stereocenters. The van der Waals surface area contributed by atoms with E-state index in [0.717, 1.165) is 29.7 Å². The molecule has 2 aromatic heterocycles. The van der Waals surface area contributed by atoms with Gasteiger partial charge in [0.25, 0.3) is 17.7 Å². The number of primary amides is 1. The molecule has 2 heterocycles. The molecule has 0 fully saturated rings. The number of nitrogens with two attached hydrogens (primary N) is 2. The van der Waals surface area contributed by atoms with Crippen LogP contribution in [0.25, 0.3) is 10.4 Å². The van der Waals surface area contributed by atoms with Gasteiger partial charge in [-0.2, -0.15) is 0 Å². The lowest BCUT2D eigenvalue weighted by Gasteiger charge is -2.20. The third-order valence-corrected chi connectivity index (χ3v) is 8.36. The molecule has 1 aliphatic rings. The van der Waals surface area contributed by atoms with Gasteiger partial charge in [-0.15, -0.1) is 11.3 Å². The van der Waals surface area contributed by atoms with Gasteiger partial charge in [0, 0.05) is 10.4 Å². The Bertz CT molecular complexity index is 1690. The summed E-state index contributed by atoms with van der Waals surface area (Å²) in [5, 5.41) is 3.11. The van der Waals surface area contributed by atoms with E-state index in [1.54, 1.807) is 12.1 Å². The van der Waals surface area contributed by atoms with Crippen LogP contribution in [0.4, 0.5) is 4.39 Å². The molecule has 222 valence electrons. The van der Waals surface area contributed by atoms with Gasteiger partial charge in [-0.05, 0) is 72.7 Å². The second-order valence-corrected chi connectivity index (χ2v) is 11.8. The molecule has 0 unspecified atom stereocenters. The summed E-state index contributed by atoms with van der Waals surface area (Å²) in [4.78, 5) is 45.1. The van der Waals surface area contributed by atoms with E-state index in [9.17, 15) is 18.8 Å². The second kappa shape index (κ2) is 12.7. The highest BCUT2D eigenvalue weighted by atomic mass is 32.1. The summed E-state index contributed by atoms with van der Waals surface area (Å²) in [5.41, 5.74) is 11.3. The first-order chi connectivity index (χ1) is 20.7. The molecule has 0 radical (unpaired) electrons. The molecule has 0 bridgehead atoms. The molecule has 3 amide bonds. The number of aryl methyl sites for hydroxylation is 1. The van der Waals surface area contributed by atoms with Gasteiger partial charge in [0.1, 0.15) is 18.2 Å². The standard InChI is InChI=1S/C32H32FN5O4S/c1-17(2)15-23-27(30(34)39)29(28(32(41)38-35)24(36-23)16-42-20-10-8-19(33)9-11-20)25-13-14-26(43-25)31(40)37-22-12-7-18-5-3-4-6-21(18)22/h3-6,8-11,13-14,17,22H,7,12,15-16,35H2,1-2H3,(H2,34,39)(H,37,40)(H,38,41)/t22-/m1/s1. The summed E-state index contributed by atoms with van der Waals surface area (Å²) < 4.78 is 19.3. The van der Waals surface area contributed by atoms with E-state index in [1.807, 2.05) is 32.0 Å². The molecule has 1 aliphatic carbocycles. The van der Waals surface area contributed by atoms with Crippen molar-refractivity contribution in [1.29, 1.82) is 0 Å². The van der Waals surface area contributed by atoms with E-state index in [2.05, 4.69) is 21.8 Å². The number of pyridine rings is 1. The number of thiophene rings is 1. The average molecular weight is 602 g/mol. The van der Waals surface area contributed by atoms with E-state index in [4.69, 9.17) is 16.3 Å². The Balaban J connectivity index is 1.57. The summed E-state index contributed by atoms with van der Waals surface area (Å²) in [6.45, 7) is 3.76. The van der Waals surface area contributed by atoms with Crippen molar-refractivity contribution in [3.8, 4) is 16.2 Å². The number of carbonyl (C=O) groups excluding carboxylic acids is 3. The molecule has 11 heteroatoms. The number of hydrazine groups is 1. The van der Waals surface area contributed by atoms with Gasteiger partial charge in [0.2, 0.25) is 0 Å². The van der Waals surface area contributed by atoms with Gasteiger partial charge in [-0.3, -0.25) is 24.8 Å². The van der Waals surface area contributed by atoms with Gasteiger partial charge >= 0.3 is 0 Å². The van der Waals surface area contributed by atoms with Crippen LogP contribution in [-0.4, -0.2) is 22.7 Å². The number of nitrogen functional groups attached to an aromatic ring is 1. The minimum atomic E-state index is -0.766. The van der Waals surface area contributed by atoms with Crippen molar-refractivity contribution in [2.45, 2.75) is 45.8 Å². The first-order valence-electron chi connectivity index (χ1n) is 13.9. The van der Waals surface area contributed by atoms with Crippen LogP contribution in [0.2, 0.25) is 0 Å². The SMILES string of the molecule is CC(C)Cc1nc(COc2ccc(F)cc2)c(C(=O)NN)c(-c2ccc(C(=O)N[C@@H]3CCc4ccccc43)s2)c1C(N)=O. The van der Waals surface area contributed by atoms with Crippen molar-refractivity contribution in [2.24, 2.45) is 17.5 Å². The molecule has 6 N–H and O–H groups in total. The topological polar surface area (TPSA) is 149 Å². The van der Waals surface area contributed by atoms with Crippen molar-refractivity contribution in [2.75, 3.05) is 0 Å². The number of ether oxygens (including phenoxy) is 1. The number of amides is 3. The number of rotatable bonds is 10. The zero-order chi connectivity index (χ0) is 30.7. The predicted molar refractivity (Wildman–Crippen MR) is 162 cm³/mol. The zero-order valence-corrected chi connectivity index (χ0v) is 24.6. The zero-order valence-electron chi connectivity index (χ0n) is 23.8. The molecular weight excluding hydrogens is 569 g/mol. The maximum atomic E-state index is 13.4. The maximum absolute atomic E-state index is 13.4. The number of nitrogens with one attached hydrogen (secondary N) is 2. The Morgan fingerprint density at radius 1 is 1.02 bits per heavy atom. The smallest absolute Gasteiger partial charge is 0.267 e. The van der Waals surface area contributed by atoms with E-state index in [1.165, 1.54) is 29.8 Å². The first kappa shape index (κ1) is 29.9. The molecule has 4 aromatic rings. The van der Waals surface area contributed by atoms with Crippen molar-refractivity contribution in [3.63, 3.8) is 0 Å². The summed E-state index contributed by atoms with van der Waals surface area (Å²) in [6, 6.07) is 16.7. The van der Waals surface area contributed by atoms with E-state index in [0.29, 0.717) is 27.6 Å². The second-order valence-electron chi connectivity index (χ2n) is 10.7. The van der Waals surface area contributed by atoms with Crippen LogP contribution in [0.15, 0.2) is 60.7 Å². The predicted octanol–water partition coefficient (Wildman–Crippen LogP) is 4.85. The number of hydrogen-bond acceptors (Lipinski definition) is 7. The van der Waals surface area contributed by atoms with Crippen molar-refractivity contribution in [1.82, 2.24) is 15.7 Å². The van der Waals surface area contributed by atoms with Crippen LogP contribution >= 0.6 is 11.3 Å². The lowest BCUT2D eigenvalue weighted by atomic mass is 9.92. The minimum Gasteiger partial charge on any atom is -0.487 e. The number of carbonyl (C=O) groups is 3. The fourth-order valence-corrected chi connectivity index (χ4v) is 6.34. The fraction of sp³-hybridized carbons (Fsp3) is 0.250. The van der Waals surface area contributed by atoms with Gasteiger partial charge in [-0.25, -0.2) is 10.2 Å². The summed E-state index contributed by atoms with van der Waals surface area (Å²) in [5.74, 6) is 3.88. The number of halogens is 1. The quantitative estimate of drug-likeness (QED) is 0.116. The van der Waals surface area contributed by atoms with Gasteiger partial charge in [-0.1, -0.05) is 38.1 Å². The van der Waals surface area contributed by atoms with Crippen LogP contribution in [0.3, 0.4) is 0 Å². The molecule has 43 heavy (non-hydrogen) atoms. The lowest BCUT2D eigenvalue weighted by molar-refractivity contribution is 0.0935. The highest BCUT2D eigenvalue weighted by Crippen LogP contribution is 2.38. The largest absolute Gasteiger partial charge is 0.487 e. The Labute approximate surface area is 252 Å². The molecule has 0 saturated carbocycles. The van der Waals surface area contributed by atoms with Crippen LogP contribution in [0, 0.1) is 11.7 Å². The van der Waals surface area contributed by atoms with Crippen molar-refractivity contribution in [3.05, 3.63) is 105 Å². The minimum absolute atomic E-state index is 0.00412. The van der Waals surface area contributed by atoms with Gasteiger partial charge in [0.05, 0.1) is 33.4 Å². The highest BCUT2D eigenvalue weighted by molar-refractivity contribution is 7.17. The van der Waals surface area contributed by atoms with Crippen LogP contribution in [0.5, 0.6) is 5.75 Å².